The van der Waals surface area contributed by atoms with Gasteiger partial charge in [-0.3, -0.25) is 38.4 Å². The fraction of sp³-hybridized carbons (Fsp3) is 0.377. The molecule has 2 unspecified atom stereocenters. The van der Waals surface area contributed by atoms with Gasteiger partial charge in [0, 0.05) is 98.7 Å². The summed E-state index contributed by atoms with van der Waals surface area (Å²) in [5.41, 5.74) is 9.38. The van der Waals surface area contributed by atoms with Gasteiger partial charge in [0.05, 0.1) is 20.3 Å². The van der Waals surface area contributed by atoms with E-state index in [1.54, 1.807) is 19.1 Å². The van der Waals surface area contributed by atoms with Crippen LogP contribution < -0.4 is 44.7 Å². The van der Waals surface area contributed by atoms with Gasteiger partial charge in [-0.2, -0.15) is 8.42 Å². The number of ether oxygens (including phenoxy) is 4. The topological polar surface area (TPSA) is 235 Å². The monoisotopic (exact) mass is 1190 g/mol. The molecule has 0 bridgehead atoms. The zero-order valence-electron chi connectivity index (χ0n) is 48.4. The number of anilines is 4. The number of rotatable bonds is 28. The van der Waals surface area contributed by atoms with Gasteiger partial charge in [0.15, 0.2) is 28.2 Å². The smallest absolute Gasteiger partial charge is 0.276 e. The summed E-state index contributed by atoms with van der Waals surface area (Å²) in [4.78, 5) is 70.2. The lowest BCUT2D eigenvalue weighted by molar-refractivity contribution is -0.126. The number of allylic oxidation sites excluding steroid dienone is 1. The molecule has 0 radical (unpaired) electrons. The van der Waals surface area contributed by atoms with E-state index >= 15 is 0 Å². The lowest BCUT2D eigenvalue weighted by Crippen LogP contribution is -2.43. The summed E-state index contributed by atoms with van der Waals surface area (Å²) in [6.45, 7) is 8.02. The quantitative estimate of drug-likeness (QED) is 0.00913. The highest BCUT2D eigenvalue weighted by Gasteiger charge is 2.32. The van der Waals surface area contributed by atoms with Crippen molar-refractivity contribution in [2.75, 3.05) is 74.6 Å². The maximum atomic E-state index is 13.6. The molecule has 0 aromatic heterocycles. The number of carbonyl (C=O) groups excluding carboxylic acids is 5. The summed E-state index contributed by atoms with van der Waals surface area (Å²) in [6.07, 6.45) is 7.23. The molecule has 0 aliphatic carbocycles. The first-order chi connectivity index (χ1) is 39.7. The summed E-state index contributed by atoms with van der Waals surface area (Å²) in [6, 6.07) is 31.7. The molecule has 19 nitrogen and oxygen atoms in total. The Morgan fingerprint density at radius 3 is 2.16 bits per heavy atom. The predicted octanol–water partition coefficient (Wildman–Crippen LogP) is 9.04. The molecule has 444 valence electrons. The fourth-order valence-corrected chi connectivity index (χ4v) is 12.9. The molecule has 0 spiro atoms. The third kappa shape index (κ3) is 18.7. The van der Waals surface area contributed by atoms with Gasteiger partial charge in [-0.15, -0.1) is 0 Å². The number of aliphatic imine (C=N–C) groups is 1. The number of aryl methyl sites for hydroxylation is 2. The van der Waals surface area contributed by atoms with Gasteiger partial charge < -0.3 is 44.7 Å². The van der Waals surface area contributed by atoms with E-state index in [9.17, 15) is 36.9 Å². The summed E-state index contributed by atoms with van der Waals surface area (Å²) in [5.74, 6) is 0.702. The number of benzene rings is 5. The van der Waals surface area contributed by atoms with Crippen molar-refractivity contribution < 1.29 is 55.9 Å². The van der Waals surface area contributed by atoms with Crippen LogP contribution in [0.5, 0.6) is 23.0 Å². The van der Waals surface area contributed by atoms with Crippen molar-refractivity contribution in [3.8, 4) is 23.0 Å². The van der Waals surface area contributed by atoms with Crippen molar-refractivity contribution in [2.24, 2.45) is 4.99 Å². The molecule has 83 heavy (non-hydrogen) atoms. The zero-order valence-corrected chi connectivity index (χ0v) is 50.8. The van der Waals surface area contributed by atoms with E-state index in [1.807, 2.05) is 114 Å². The van der Waals surface area contributed by atoms with Crippen molar-refractivity contribution in [3.05, 3.63) is 143 Å². The Hall–Kier alpha value is -7.53. The third-order valence-electron chi connectivity index (χ3n) is 13.8. The first kappa shape index (κ1) is 64.6. The normalized spacial score (nSPS) is 14.9. The second-order valence-corrected chi connectivity index (χ2v) is 25.3. The number of para-hydroxylation sites is 2. The molecular weight excluding hydrogens is 1120 g/mol. The van der Waals surface area contributed by atoms with Crippen LogP contribution in [0.1, 0.15) is 66.5 Å². The second kappa shape index (κ2) is 30.7. The maximum Gasteiger partial charge on any atom is 0.276 e. The molecule has 22 heteroatoms. The summed E-state index contributed by atoms with van der Waals surface area (Å²) in [7, 11) is 6.56. The Morgan fingerprint density at radius 1 is 0.867 bits per heavy atom. The summed E-state index contributed by atoms with van der Waals surface area (Å²) >= 11 is 0. The number of likely N-dealkylation sites (N-methyl/N-ethyl adjacent to an activating group) is 2. The van der Waals surface area contributed by atoms with Crippen molar-refractivity contribution in [1.82, 2.24) is 10.2 Å². The van der Waals surface area contributed by atoms with Gasteiger partial charge >= 0.3 is 0 Å². The average molecular weight is 1190 g/mol. The minimum atomic E-state index is -4.74. The highest BCUT2D eigenvalue weighted by Crippen LogP contribution is 2.40. The van der Waals surface area contributed by atoms with Gasteiger partial charge in [-0.25, -0.2) is 0 Å². The fourth-order valence-electron chi connectivity index (χ4n) is 9.31. The van der Waals surface area contributed by atoms with Crippen LogP contribution in [-0.4, -0.2) is 131 Å². The summed E-state index contributed by atoms with van der Waals surface area (Å²) < 4.78 is 57.6. The van der Waals surface area contributed by atoms with E-state index in [0.717, 1.165) is 64.2 Å². The molecule has 2 aliphatic heterocycles. The van der Waals surface area contributed by atoms with Crippen molar-refractivity contribution in [1.29, 1.82) is 0 Å². The number of aldehydes is 1. The average Bonchev–Trinajstić information content (AvgIpc) is 4.01. The van der Waals surface area contributed by atoms with Crippen LogP contribution >= 0.6 is 21.6 Å². The van der Waals surface area contributed by atoms with E-state index < -0.39 is 31.9 Å². The molecule has 0 saturated carbocycles. The first-order valence-electron chi connectivity index (χ1n) is 26.9. The predicted molar refractivity (Wildman–Crippen MR) is 331 cm³/mol. The van der Waals surface area contributed by atoms with E-state index in [4.69, 9.17) is 18.9 Å². The second-order valence-electron chi connectivity index (χ2n) is 20.6. The van der Waals surface area contributed by atoms with Crippen LogP contribution in [0.15, 0.2) is 114 Å². The SMILES string of the molecule is CN=CC1Cc2ccccc2N1C.COc1cc(C)ccc1OCc1cc(COc2cc(N[C@@H]3Cc4ccccc4N3C=O)c(C)cc2OC)cc(NC(=O)CCC(C)(C)SSCCC(C(=O)NCCN(C)C(=O)/C=C\C=O)S(=O)(=O)O)c1. The van der Waals surface area contributed by atoms with Gasteiger partial charge in [0.2, 0.25) is 24.1 Å². The zero-order chi connectivity index (χ0) is 60.3. The molecule has 5 aromatic carbocycles. The van der Waals surface area contributed by atoms with Crippen LogP contribution in [0.25, 0.3) is 0 Å². The Kier molecular flexibility index (Phi) is 23.9. The molecular formula is C61H75N7O12S3. The molecule has 7 rings (SSSR count). The van der Waals surface area contributed by atoms with Crippen LogP contribution in [0.3, 0.4) is 0 Å². The van der Waals surface area contributed by atoms with E-state index in [-0.39, 0.29) is 57.0 Å². The molecule has 0 fully saturated rings. The van der Waals surface area contributed by atoms with E-state index in [1.165, 1.54) is 44.8 Å². The number of hydrogen-bond donors (Lipinski definition) is 4. The van der Waals surface area contributed by atoms with Gasteiger partial charge in [-0.1, -0.05) is 64.1 Å². The van der Waals surface area contributed by atoms with Gasteiger partial charge in [0.25, 0.3) is 10.1 Å². The lowest BCUT2D eigenvalue weighted by atomic mass is 10.1. The molecule has 5 aromatic rings. The minimum absolute atomic E-state index is 0.0435. The van der Waals surface area contributed by atoms with Gasteiger partial charge in [-0.05, 0) is 135 Å². The Balaban J connectivity index is 0.000000741. The van der Waals surface area contributed by atoms with Crippen molar-refractivity contribution in [2.45, 2.75) is 95.2 Å². The molecule has 3 atom stereocenters. The highest BCUT2D eigenvalue weighted by atomic mass is 33.1. The first-order valence-corrected chi connectivity index (χ1v) is 30.7. The lowest BCUT2D eigenvalue weighted by Gasteiger charge is -2.25. The highest BCUT2D eigenvalue weighted by molar-refractivity contribution is 8.77. The molecule has 4 amide bonds. The Labute approximate surface area is 495 Å². The number of nitrogens with one attached hydrogen (secondary N) is 3. The summed E-state index contributed by atoms with van der Waals surface area (Å²) in [5, 5.41) is 7.28. The Bertz CT molecular complexity index is 3250. The standard InChI is InChI=1S/C50H61N5O12S3.C11H14N2/c1-33-14-15-41(42(23-33)64-6)66-30-35-25-36(31-67-44-29-39(34(2)24-43(44)65-7)53-46-28-37-11-8-9-12-40(37)55(46)32-57)27-38(26-35)52-47(58)16-18-50(3,4)69-68-22-17-45(70(61,62)63)49(60)51-19-20-54(5)48(59)13-10-21-56;1-12-8-10-7-9-5-3-4-6-11(9)13(10)2/h8-15,21,23-27,29,32,45-46,53H,16-20,22,28,30-31H2,1-7H3,(H,51,60)(H,52,58)(H,61,62,63);3-6,8,10H,7H2,1-2H3/b13-10-;/t45?,46-;/m0./s1. The number of fused-ring (bicyclic) bond motifs is 2. The van der Waals surface area contributed by atoms with E-state index in [2.05, 4.69) is 57.2 Å². The molecule has 4 N–H and O–H groups in total. The molecule has 2 heterocycles. The number of amides is 4. The molecule has 0 saturated heterocycles. The van der Waals surface area contributed by atoms with Gasteiger partial charge in [0.1, 0.15) is 25.7 Å². The minimum Gasteiger partial charge on any atom is -0.493 e. The number of nitrogens with zero attached hydrogens (tertiary/aromatic N) is 4. The van der Waals surface area contributed by atoms with Crippen LogP contribution in [0.4, 0.5) is 22.7 Å². The van der Waals surface area contributed by atoms with Crippen LogP contribution in [-0.2, 0) is 60.1 Å². The van der Waals surface area contributed by atoms with E-state index in [0.29, 0.717) is 53.9 Å². The van der Waals surface area contributed by atoms with Crippen molar-refractivity contribution >= 4 is 91.1 Å². The van der Waals surface area contributed by atoms with Crippen molar-refractivity contribution in [3.63, 3.8) is 0 Å². The van der Waals surface area contributed by atoms with Crippen LogP contribution in [0.2, 0.25) is 0 Å². The number of carbonyl (C=O) groups is 5. The largest absolute Gasteiger partial charge is 0.493 e. The third-order valence-corrected chi connectivity index (χ3v) is 18.4. The number of hydrogen-bond acceptors (Lipinski definition) is 16. The van der Waals surface area contributed by atoms with Crippen LogP contribution in [0, 0.1) is 13.8 Å². The Morgan fingerprint density at radius 2 is 1.52 bits per heavy atom. The maximum absolute atomic E-state index is 13.6. The molecule has 2 aliphatic rings. The number of methoxy groups -OCH3 is 2.